The summed E-state index contributed by atoms with van der Waals surface area (Å²) < 4.78 is 9.70. The molecular formula is C13H18N2O4. The lowest BCUT2D eigenvalue weighted by Crippen LogP contribution is -2.41. The summed E-state index contributed by atoms with van der Waals surface area (Å²) in [5.41, 5.74) is 0.370. The van der Waals surface area contributed by atoms with Crippen molar-refractivity contribution in [1.82, 2.24) is 9.88 Å². The highest BCUT2D eigenvalue weighted by Crippen LogP contribution is 2.19. The summed E-state index contributed by atoms with van der Waals surface area (Å²) in [4.78, 5) is 29.1. The van der Waals surface area contributed by atoms with E-state index < -0.39 is 5.97 Å². The first-order valence-corrected chi connectivity index (χ1v) is 5.87. The van der Waals surface area contributed by atoms with E-state index in [9.17, 15) is 9.59 Å². The fourth-order valence-corrected chi connectivity index (χ4v) is 1.57. The summed E-state index contributed by atoms with van der Waals surface area (Å²) in [6.07, 6.45) is 2.97. The van der Waals surface area contributed by atoms with Gasteiger partial charge < -0.3 is 14.4 Å². The molecule has 6 nitrogen and oxygen atoms in total. The maximum absolute atomic E-state index is 12.4. The van der Waals surface area contributed by atoms with Gasteiger partial charge in [-0.2, -0.15) is 0 Å². The molecule has 0 aliphatic heterocycles. The van der Waals surface area contributed by atoms with Gasteiger partial charge in [-0.25, -0.2) is 0 Å². The highest BCUT2D eigenvalue weighted by molar-refractivity contribution is 5.98. The van der Waals surface area contributed by atoms with E-state index in [0.717, 1.165) is 0 Å². The van der Waals surface area contributed by atoms with E-state index in [-0.39, 0.29) is 18.5 Å². The Labute approximate surface area is 112 Å². The highest BCUT2D eigenvalue weighted by Gasteiger charge is 2.24. The number of pyridine rings is 1. The van der Waals surface area contributed by atoms with Crippen LogP contribution < -0.4 is 4.74 Å². The van der Waals surface area contributed by atoms with Crippen molar-refractivity contribution in [1.29, 1.82) is 0 Å². The Kier molecular flexibility index (Phi) is 5.29. The van der Waals surface area contributed by atoms with Crippen molar-refractivity contribution in [2.45, 2.75) is 19.9 Å². The quantitative estimate of drug-likeness (QED) is 0.747. The van der Waals surface area contributed by atoms with Crippen molar-refractivity contribution in [2.24, 2.45) is 0 Å². The van der Waals surface area contributed by atoms with E-state index in [4.69, 9.17) is 4.74 Å². The fraction of sp³-hybridized carbons (Fsp3) is 0.462. The molecule has 0 bridgehead atoms. The Morgan fingerprint density at radius 2 is 2.05 bits per heavy atom. The van der Waals surface area contributed by atoms with E-state index >= 15 is 0 Å². The van der Waals surface area contributed by atoms with Crippen LogP contribution in [0.4, 0.5) is 0 Å². The smallest absolute Gasteiger partial charge is 0.325 e. The minimum atomic E-state index is -0.463. The van der Waals surface area contributed by atoms with Crippen LogP contribution in [-0.4, -0.2) is 48.6 Å². The molecule has 1 rings (SSSR count). The second-order valence-electron chi connectivity index (χ2n) is 4.18. The molecule has 1 aromatic rings. The number of hydrogen-bond donors (Lipinski definition) is 0. The normalized spacial score (nSPS) is 10.2. The van der Waals surface area contributed by atoms with E-state index in [1.165, 1.54) is 31.5 Å². The topological polar surface area (TPSA) is 68.7 Å². The van der Waals surface area contributed by atoms with Crippen molar-refractivity contribution in [3.63, 3.8) is 0 Å². The predicted molar refractivity (Wildman–Crippen MR) is 69.0 cm³/mol. The second-order valence-corrected chi connectivity index (χ2v) is 4.18. The van der Waals surface area contributed by atoms with Crippen molar-refractivity contribution >= 4 is 11.9 Å². The molecule has 0 fully saturated rings. The summed E-state index contributed by atoms with van der Waals surface area (Å²) in [5, 5.41) is 0. The van der Waals surface area contributed by atoms with E-state index in [2.05, 4.69) is 9.72 Å². The minimum Gasteiger partial charge on any atom is -0.494 e. The van der Waals surface area contributed by atoms with Gasteiger partial charge in [0, 0.05) is 12.2 Å². The van der Waals surface area contributed by atoms with Gasteiger partial charge in [-0.05, 0) is 19.9 Å². The number of methoxy groups -OCH3 is 2. The summed E-state index contributed by atoms with van der Waals surface area (Å²) in [6, 6.07) is 1.43. The number of aromatic nitrogens is 1. The molecule has 0 saturated heterocycles. The molecular weight excluding hydrogens is 248 g/mol. The number of carbonyl (C=O) groups is 2. The molecule has 0 N–H and O–H groups in total. The summed E-state index contributed by atoms with van der Waals surface area (Å²) >= 11 is 0. The van der Waals surface area contributed by atoms with Crippen LogP contribution in [0.3, 0.4) is 0 Å². The maximum Gasteiger partial charge on any atom is 0.325 e. The second kappa shape index (κ2) is 6.72. The zero-order valence-corrected chi connectivity index (χ0v) is 11.5. The van der Waals surface area contributed by atoms with Crippen LogP contribution in [0.1, 0.15) is 24.2 Å². The molecule has 0 aromatic carbocycles. The molecule has 0 spiro atoms. The molecule has 1 heterocycles. The lowest BCUT2D eigenvalue weighted by Gasteiger charge is -2.26. The van der Waals surface area contributed by atoms with Gasteiger partial charge in [-0.1, -0.05) is 0 Å². The number of rotatable bonds is 5. The maximum atomic E-state index is 12.4. The molecule has 1 aromatic heterocycles. The molecule has 1 amide bonds. The number of esters is 1. The average Bonchev–Trinajstić information content (AvgIpc) is 2.43. The Hall–Kier alpha value is -2.11. The molecule has 0 aliphatic rings. The van der Waals surface area contributed by atoms with Gasteiger partial charge in [-0.3, -0.25) is 14.6 Å². The van der Waals surface area contributed by atoms with Crippen LogP contribution in [0.2, 0.25) is 0 Å². The van der Waals surface area contributed by atoms with Crippen molar-refractivity contribution < 1.29 is 19.1 Å². The van der Waals surface area contributed by atoms with Crippen molar-refractivity contribution in [2.75, 3.05) is 20.8 Å². The van der Waals surface area contributed by atoms with Gasteiger partial charge in [0.25, 0.3) is 5.91 Å². The van der Waals surface area contributed by atoms with Crippen LogP contribution in [0.15, 0.2) is 18.5 Å². The van der Waals surface area contributed by atoms with Crippen molar-refractivity contribution in [3.8, 4) is 5.75 Å². The van der Waals surface area contributed by atoms with Crippen LogP contribution >= 0.6 is 0 Å². The molecule has 0 saturated carbocycles. The van der Waals surface area contributed by atoms with E-state index in [0.29, 0.717) is 11.3 Å². The van der Waals surface area contributed by atoms with Crippen molar-refractivity contribution in [3.05, 3.63) is 24.0 Å². The number of nitrogens with zero attached hydrogens (tertiary/aromatic N) is 2. The molecule has 0 radical (unpaired) electrons. The lowest BCUT2D eigenvalue weighted by atomic mass is 10.2. The molecule has 19 heavy (non-hydrogen) atoms. The van der Waals surface area contributed by atoms with Crippen LogP contribution in [0.25, 0.3) is 0 Å². The summed E-state index contributed by atoms with van der Waals surface area (Å²) in [5.74, 6) is -0.377. The molecule has 0 unspecified atom stereocenters. The highest BCUT2D eigenvalue weighted by atomic mass is 16.5. The van der Waals surface area contributed by atoms with Gasteiger partial charge >= 0.3 is 5.97 Å². The van der Waals surface area contributed by atoms with Gasteiger partial charge in [-0.15, -0.1) is 0 Å². The summed E-state index contributed by atoms with van der Waals surface area (Å²) in [6.45, 7) is 3.56. The molecule has 0 atom stereocenters. The number of hydrogen-bond acceptors (Lipinski definition) is 5. The zero-order valence-electron chi connectivity index (χ0n) is 11.5. The fourth-order valence-electron chi connectivity index (χ4n) is 1.57. The SMILES string of the molecule is COC(=O)CN(C(=O)c1ccncc1OC)C(C)C. The van der Waals surface area contributed by atoms with E-state index in [1.807, 2.05) is 13.8 Å². The zero-order chi connectivity index (χ0) is 14.4. The van der Waals surface area contributed by atoms with E-state index in [1.54, 1.807) is 6.07 Å². The third-order valence-electron chi connectivity index (χ3n) is 2.65. The van der Waals surface area contributed by atoms with Gasteiger partial charge in [0.1, 0.15) is 12.3 Å². The first kappa shape index (κ1) is 14.9. The van der Waals surface area contributed by atoms with Crippen LogP contribution in [0.5, 0.6) is 5.75 Å². The first-order chi connectivity index (χ1) is 9.01. The van der Waals surface area contributed by atoms with Crippen LogP contribution in [-0.2, 0) is 9.53 Å². The Morgan fingerprint density at radius 1 is 1.37 bits per heavy atom. The third-order valence-corrected chi connectivity index (χ3v) is 2.65. The Morgan fingerprint density at radius 3 is 2.58 bits per heavy atom. The number of carbonyl (C=O) groups excluding carboxylic acids is 2. The average molecular weight is 266 g/mol. The number of ether oxygens (including phenoxy) is 2. The largest absolute Gasteiger partial charge is 0.494 e. The van der Waals surface area contributed by atoms with Gasteiger partial charge in [0.15, 0.2) is 0 Å². The summed E-state index contributed by atoms with van der Waals surface area (Å²) in [7, 11) is 2.76. The first-order valence-electron chi connectivity index (χ1n) is 5.87. The molecule has 6 heteroatoms. The standard InChI is InChI=1S/C13H18N2O4/c1-9(2)15(8-12(16)19-4)13(17)10-5-6-14-7-11(10)18-3/h5-7,9H,8H2,1-4H3. The van der Waals surface area contributed by atoms with Gasteiger partial charge in [0.05, 0.1) is 26.0 Å². The predicted octanol–water partition coefficient (Wildman–Crippen LogP) is 1.11. The molecule has 0 aliphatic carbocycles. The number of amides is 1. The third kappa shape index (κ3) is 3.67. The Bertz CT molecular complexity index is 460. The van der Waals surface area contributed by atoms with Gasteiger partial charge in [0.2, 0.25) is 0 Å². The monoisotopic (exact) mass is 266 g/mol. The van der Waals surface area contributed by atoms with Crippen LogP contribution in [0, 0.1) is 0 Å². The minimum absolute atomic E-state index is 0.0987. The Balaban J connectivity index is 3.02. The lowest BCUT2D eigenvalue weighted by molar-refractivity contribution is -0.141. The molecule has 104 valence electrons.